The van der Waals surface area contributed by atoms with Gasteiger partial charge in [0.1, 0.15) is 11.6 Å². The molecule has 88 valence electrons. The summed E-state index contributed by atoms with van der Waals surface area (Å²) < 4.78 is 0. The first-order chi connectivity index (χ1) is 8.20. The molecule has 0 saturated carbocycles. The molecule has 0 aliphatic heterocycles. The Kier molecular flexibility index (Phi) is 3.39. The number of benzene rings is 1. The number of aromatic amines is 1. The van der Waals surface area contributed by atoms with Crippen molar-refractivity contribution in [2.24, 2.45) is 5.16 Å². The third kappa shape index (κ3) is 2.62. The largest absolute Gasteiger partial charge is 0.349 e. The van der Waals surface area contributed by atoms with Crippen LogP contribution in [0, 0.1) is 0 Å². The smallest absolute Gasteiger partial charge is 0.337 e. The average molecular weight is 252 g/mol. The first kappa shape index (κ1) is 11.6. The van der Waals surface area contributed by atoms with Crippen LogP contribution in [-0.2, 0) is 9.63 Å². The van der Waals surface area contributed by atoms with E-state index in [1.165, 1.54) is 0 Å². The van der Waals surface area contributed by atoms with Crippen molar-refractivity contribution in [2.75, 3.05) is 5.88 Å². The highest BCUT2D eigenvalue weighted by Gasteiger charge is 2.06. The Labute approximate surface area is 102 Å². The summed E-state index contributed by atoms with van der Waals surface area (Å²) in [7, 11) is 0. The van der Waals surface area contributed by atoms with Gasteiger partial charge < -0.3 is 9.82 Å². The van der Waals surface area contributed by atoms with Gasteiger partial charge in [-0.05, 0) is 19.1 Å². The molecule has 0 atom stereocenters. The van der Waals surface area contributed by atoms with Crippen molar-refractivity contribution in [2.45, 2.75) is 6.92 Å². The monoisotopic (exact) mass is 251 g/mol. The van der Waals surface area contributed by atoms with Gasteiger partial charge >= 0.3 is 5.97 Å². The van der Waals surface area contributed by atoms with Gasteiger partial charge in [-0.15, -0.1) is 11.6 Å². The number of imidazole rings is 1. The molecule has 1 aromatic carbocycles. The zero-order valence-corrected chi connectivity index (χ0v) is 9.86. The standard InChI is InChI=1S/C11H10ClN3O2/c1-7(15-17-10(16)6-12)11-13-8-4-2-3-5-9(8)14-11/h2-5H,6H2,1H3,(H,13,14)/b15-7+. The number of para-hydroxylation sites is 2. The number of rotatable bonds is 3. The Bertz CT molecular complexity index is 544. The van der Waals surface area contributed by atoms with Gasteiger partial charge in [0.15, 0.2) is 5.82 Å². The number of nitrogens with one attached hydrogen (secondary N) is 1. The van der Waals surface area contributed by atoms with Crippen molar-refractivity contribution < 1.29 is 9.63 Å². The summed E-state index contributed by atoms with van der Waals surface area (Å²) in [6, 6.07) is 7.59. The highest BCUT2D eigenvalue weighted by molar-refractivity contribution is 6.26. The predicted octanol–water partition coefficient (Wildman–Crippen LogP) is 2.07. The summed E-state index contributed by atoms with van der Waals surface area (Å²) in [5.41, 5.74) is 2.22. The van der Waals surface area contributed by atoms with Gasteiger partial charge in [-0.1, -0.05) is 17.3 Å². The number of hydrogen-bond acceptors (Lipinski definition) is 4. The highest BCUT2D eigenvalue weighted by Crippen LogP contribution is 2.10. The molecule has 1 aromatic heterocycles. The molecule has 0 saturated heterocycles. The molecular formula is C11H10ClN3O2. The topological polar surface area (TPSA) is 67.3 Å². The molecule has 2 rings (SSSR count). The molecule has 0 fully saturated rings. The quantitative estimate of drug-likeness (QED) is 0.393. The van der Waals surface area contributed by atoms with E-state index < -0.39 is 5.97 Å². The number of carbonyl (C=O) groups excluding carboxylic acids is 1. The number of oxime groups is 1. The maximum Gasteiger partial charge on any atom is 0.349 e. The van der Waals surface area contributed by atoms with Crippen molar-refractivity contribution in [3.05, 3.63) is 30.1 Å². The zero-order valence-electron chi connectivity index (χ0n) is 9.11. The third-order valence-electron chi connectivity index (χ3n) is 2.13. The van der Waals surface area contributed by atoms with Gasteiger partial charge in [-0.3, -0.25) is 0 Å². The van der Waals surface area contributed by atoms with E-state index in [4.69, 9.17) is 11.6 Å². The summed E-state index contributed by atoms with van der Waals surface area (Å²) in [6.07, 6.45) is 0. The number of hydrogen-bond donors (Lipinski definition) is 1. The molecule has 0 unspecified atom stereocenters. The third-order valence-corrected chi connectivity index (χ3v) is 2.34. The van der Waals surface area contributed by atoms with E-state index in [0.29, 0.717) is 11.5 Å². The molecule has 17 heavy (non-hydrogen) atoms. The Morgan fingerprint density at radius 1 is 1.53 bits per heavy atom. The van der Waals surface area contributed by atoms with Crippen molar-refractivity contribution >= 4 is 34.3 Å². The molecular weight excluding hydrogens is 242 g/mol. The van der Waals surface area contributed by atoms with Crippen molar-refractivity contribution in [1.82, 2.24) is 9.97 Å². The van der Waals surface area contributed by atoms with Gasteiger partial charge in [-0.2, -0.15) is 0 Å². The van der Waals surface area contributed by atoms with E-state index in [2.05, 4.69) is 20.0 Å². The second-order valence-corrected chi connectivity index (χ2v) is 3.64. The number of carbonyl (C=O) groups is 1. The second kappa shape index (κ2) is 4.97. The van der Waals surface area contributed by atoms with Crippen LogP contribution >= 0.6 is 11.6 Å². The van der Waals surface area contributed by atoms with Crippen LogP contribution in [0.5, 0.6) is 0 Å². The molecule has 0 amide bonds. The fraction of sp³-hybridized carbons (Fsp3) is 0.182. The van der Waals surface area contributed by atoms with E-state index in [1.54, 1.807) is 6.92 Å². The first-order valence-corrected chi connectivity index (χ1v) is 5.49. The van der Waals surface area contributed by atoms with Crippen molar-refractivity contribution in [3.63, 3.8) is 0 Å². The summed E-state index contributed by atoms with van der Waals surface area (Å²) in [5, 5.41) is 3.65. The highest BCUT2D eigenvalue weighted by atomic mass is 35.5. The lowest BCUT2D eigenvalue weighted by atomic mass is 10.3. The Hall–Kier alpha value is -1.88. The fourth-order valence-electron chi connectivity index (χ4n) is 1.31. The number of fused-ring (bicyclic) bond motifs is 1. The van der Waals surface area contributed by atoms with E-state index in [9.17, 15) is 4.79 Å². The number of nitrogens with zero attached hydrogens (tertiary/aromatic N) is 2. The molecule has 0 aliphatic rings. The molecule has 6 heteroatoms. The SMILES string of the molecule is C/C(=N\OC(=O)CCl)c1nc2ccccc2[nH]1. The van der Waals surface area contributed by atoms with Gasteiger partial charge in [-0.25, -0.2) is 9.78 Å². The van der Waals surface area contributed by atoms with E-state index in [0.717, 1.165) is 11.0 Å². The van der Waals surface area contributed by atoms with Crippen LogP contribution in [0.1, 0.15) is 12.7 Å². The van der Waals surface area contributed by atoms with Gasteiger partial charge in [0, 0.05) is 0 Å². The molecule has 0 bridgehead atoms. The van der Waals surface area contributed by atoms with Crippen LogP contribution in [0.25, 0.3) is 11.0 Å². The molecule has 0 radical (unpaired) electrons. The van der Waals surface area contributed by atoms with Crippen LogP contribution in [0.3, 0.4) is 0 Å². The molecule has 0 aliphatic carbocycles. The lowest BCUT2D eigenvalue weighted by molar-refractivity contribution is -0.140. The van der Waals surface area contributed by atoms with Crippen molar-refractivity contribution in [3.8, 4) is 0 Å². The van der Waals surface area contributed by atoms with Gasteiger partial charge in [0.2, 0.25) is 0 Å². The van der Waals surface area contributed by atoms with Crippen LogP contribution in [-0.4, -0.2) is 27.5 Å². The van der Waals surface area contributed by atoms with E-state index in [1.807, 2.05) is 24.3 Å². The van der Waals surface area contributed by atoms with Gasteiger partial charge in [0.25, 0.3) is 0 Å². The molecule has 2 aromatic rings. The van der Waals surface area contributed by atoms with Crippen LogP contribution in [0.2, 0.25) is 0 Å². The number of H-pyrrole nitrogens is 1. The molecule has 0 spiro atoms. The summed E-state index contributed by atoms with van der Waals surface area (Å²) >= 11 is 5.28. The number of halogens is 1. The lowest BCUT2D eigenvalue weighted by Crippen LogP contribution is -2.05. The maximum atomic E-state index is 10.8. The second-order valence-electron chi connectivity index (χ2n) is 3.38. The Balaban J connectivity index is 2.24. The minimum atomic E-state index is -0.595. The molecule has 1 heterocycles. The minimum absolute atomic E-state index is 0.225. The van der Waals surface area contributed by atoms with Crippen LogP contribution in [0.15, 0.2) is 29.4 Å². The number of aromatic nitrogens is 2. The van der Waals surface area contributed by atoms with E-state index in [-0.39, 0.29) is 5.88 Å². The Morgan fingerprint density at radius 3 is 3.00 bits per heavy atom. The molecule has 5 nitrogen and oxygen atoms in total. The number of alkyl halides is 1. The van der Waals surface area contributed by atoms with Crippen molar-refractivity contribution in [1.29, 1.82) is 0 Å². The van der Waals surface area contributed by atoms with E-state index >= 15 is 0 Å². The zero-order chi connectivity index (χ0) is 12.3. The Morgan fingerprint density at radius 2 is 2.29 bits per heavy atom. The normalized spacial score (nSPS) is 11.8. The van der Waals surface area contributed by atoms with Crippen LogP contribution in [0.4, 0.5) is 0 Å². The predicted molar refractivity (Wildman–Crippen MR) is 65.1 cm³/mol. The maximum absolute atomic E-state index is 10.8. The summed E-state index contributed by atoms with van der Waals surface area (Å²) in [5.74, 6) is -0.257. The fourth-order valence-corrected chi connectivity index (χ4v) is 1.36. The summed E-state index contributed by atoms with van der Waals surface area (Å²) in [4.78, 5) is 22.8. The average Bonchev–Trinajstić information content (AvgIpc) is 2.79. The minimum Gasteiger partial charge on any atom is -0.337 e. The van der Waals surface area contributed by atoms with Crippen LogP contribution < -0.4 is 0 Å². The summed E-state index contributed by atoms with van der Waals surface area (Å²) in [6.45, 7) is 1.69. The molecule has 1 N–H and O–H groups in total. The van der Waals surface area contributed by atoms with Gasteiger partial charge in [0.05, 0.1) is 11.0 Å². The lowest BCUT2D eigenvalue weighted by Gasteiger charge is -1.95. The first-order valence-electron chi connectivity index (χ1n) is 4.96.